The van der Waals surface area contributed by atoms with Gasteiger partial charge in [-0.15, -0.1) is 0 Å². The summed E-state index contributed by atoms with van der Waals surface area (Å²) in [5.41, 5.74) is 0.496. The highest BCUT2D eigenvalue weighted by Crippen LogP contribution is 2.20. The second kappa shape index (κ2) is 7.11. The van der Waals surface area contributed by atoms with Crippen LogP contribution in [-0.2, 0) is 11.3 Å². The average Bonchev–Trinajstić information content (AvgIpc) is 3.04. The topological polar surface area (TPSA) is 65.2 Å². The van der Waals surface area contributed by atoms with Gasteiger partial charge >= 0.3 is 5.97 Å². The van der Waals surface area contributed by atoms with Gasteiger partial charge in [0.1, 0.15) is 5.82 Å². The van der Waals surface area contributed by atoms with Gasteiger partial charge in [0, 0.05) is 15.1 Å². The van der Waals surface area contributed by atoms with Crippen LogP contribution in [0.5, 0.6) is 0 Å². The number of benzene rings is 2. The Morgan fingerprint density at radius 3 is 2.75 bits per heavy atom. The van der Waals surface area contributed by atoms with Crippen molar-refractivity contribution < 1.29 is 18.4 Å². The van der Waals surface area contributed by atoms with E-state index in [1.807, 2.05) is 24.3 Å². The lowest BCUT2D eigenvalue weighted by molar-refractivity contribution is 0.0424. The van der Waals surface area contributed by atoms with Crippen molar-refractivity contribution in [2.24, 2.45) is 0 Å². The summed E-state index contributed by atoms with van der Waals surface area (Å²) >= 11 is 9.08. The highest BCUT2D eigenvalue weighted by atomic mass is 79.9. The number of carbonyl (C=O) groups excluding carboxylic acids is 1. The molecule has 122 valence electrons. The third-order valence-corrected chi connectivity index (χ3v) is 3.81. The normalized spacial score (nSPS) is 10.6. The van der Waals surface area contributed by atoms with Crippen molar-refractivity contribution in [2.45, 2.75) is 6.61 Å². The molecule has 3 aromatic rings. The van der Waals surface area contributed by atoms with Crippen LogP contribution in [0, 0.1) is 5.82 Å². The average molecular weight is 412 g/mol. The first-order chi connectivity index (χ1) is 11.5. The van der Waals surface area contributed by atoms with E-state index in [2.05, 4.69) is 26.1 Å². The summed E-state index contributed by atoms with van der Waals surface area (Å²) in [5.74, 6) is -1.12. The molecule has 0 aliphatic rings. The Bertz CT molecular complexity index is 883. The fourth-order valence-electron chi connectivity index (χ4n) is 1.89. The molecule has 0 radical (unpaired) electrons. The van der Waals surface area contributed by atoms with Crippen molar-refractivity contribution in [1.82, 2.24) is 10.1 Å². The summed E-state index contributed by atoms with van der Waals surface area (Å²) in [6, 6.07) is 10.9. The number of rotatable bonds is 4. The van der Waals surface area contributed by atoms with Gasteiger partial charge in [-0.25, -0.2) is 9.18 Å². The number of carbonyl (C=O) groups is 1. The van der Waals surface area contributed by atoms with E-state index in [0.717, 1.165) is 16.1 Å². The van der Waals surface area contributed by atoms with E-state index in [-0.39, 0.29) is 23.1 Å². The zero-order valence-corrected chi connectivity index (χ0v) is 14.3. The standard InChI is InChI=1S/C16H9BrClFN2O3/c17-10-3-1-9(2-4-10)15-20-14(24-21-15)8-23-16(22)12-7-11(18)5-6-13(12)19/h1-7H,8H2. The molecule has 1 heterocycles. The first-order valence-electron chi connectivity index (χ1n) is 6.73. The van der Waals surface area contributed by atoms with E-state index in [1.54, 1.807) is 0 Å². The third kappa shape index (κ3) is 3.80. The van der Waals surface area contributed by atoms with Crippen LogP contribution in [0.15, 0.2) is 51.5 Å². The highest BCUT2D eigenvalue weighted by Gasteiger charge is 2.16. The van der Waals surface area contributed by atoms with Crippen molar-refractivity contribution in [1.29, 1.82) is 0 Å². The van der Waals surface area contributed by atoms with Gasteiger partial charge in [-0.1, -0.05) is 32.7 Å². The van der Waals surface area contributed by atoms with E-state index >= 15 is 0 Å². The molecule has 1 aromatic heterocycles. The number of hydrogen-bond acceptors (Lipinski definition) is 5. The van der Waals surface area contributed by atoms with Crippen molar-refractivity contribution in [2.75, 3.05) is 0 Å². The predicted molar refractivity (Wildman–Crippen MR) is 88.0 cm³/mol. The van der Waals surface area contributed by atoms with Gasteiger partial charge in [0.15, 0.2) is 6.61 Å². The molecule has 0 unspecified atom stereocenters. The maximum absolute atomic E-state index is 13.6. The van der Waals surface area contributed by atoms with Crippen LogP contribution in [0.3, 0.4) is 0 Å². The zero-order valence-electron chi connectivity index (χ0n) is 12.0. The van der Waals surface area contributed by atoms with Gasteiger partial charge < -0.3 is 9.26 Å². The van der Waals surface area contributed by atoms with Crippen LogP contribution in [0.4, 0.5) is 4.39 Å². The van der Waals surface area contributed by atoms with E-state index in [1.165, 1.54) is 12.1 Å². The molecule has 0 amide bonds. The summed E-state index contributed by atoms with van der Waals surface area (Å²) in [7, 11) is 0. The molecule has 0 bridgehead atoms. The molecule has 0 N–H and O–H groups in total. The Hall–Kier alpha value is -2.25. The molecule has 2 aromatic carbocycles. The lowest BCUT2D eigenvalue weighted by Gasteiger charge is -2.03. The number of halogens is 3. The van der Waals surface area contributed by atoms with Crippen LogP contribution in [0.1, 0.15) is 16.2 Å². The van der Waals surface area contributed by atoms with Crippen molar-refractivity contribution in [3.63, 3.8) is 0 Å². The molecule has 0 spiro atoms. The van der Waals surface area contributed by atoms with Gasteiger partial charge in [0.2, 0.25) is 5.82 Å². The Morgan fingerprint density at radius 2 is 2.00 bits per heavy atom. The van der Waals surface area contributed by atoms with E-state index in [0.29, 0.717) is 5.82 Å². The number of esters is 1. The molecule has 0 atom stereocenters. The van der Waals surface area contributed by atoms with Gasteiger partial charge in [0.25, 0.3) is 5.89 Å². The Labute approximate surface area is 149 Å². The quantitative estimate of drug-likeness (QED) is 0.585. The Kier molecular flexibility index (Phi) is 4.92. The van der Waals surface area contributed by atoms with Crippen LogP contribution in [0.25, 0.3) is 11.4 Å². The molecule has 0 aliphatic heterocycles. The maximum atomic E-state index is 13.6. The van der Waals surface area contributed by atoms with Crippen molar-refractivity contribution in [3.05, 3.63) is 69.2 Å². The second-order valence-corrected chi connectivity index (χ2v) is 6.07. The summed E-state index contributed by atoms with van der Waals surface area (Å²) < 4.78 is 24.5. The van der Waals surface area contributed by atoms with Crippen LogP contribution >= 0.6 is 27.5 Å². The molecule has 0 saturated carbocycles. The van der Waals surface area contributed by atoms with Gasteiger partial charge in [-0.3, -0.25) is 0 Å². The minimum atomic E-state index is -0.863. The van der Waals surface area contributed by atoms with Gasteiger partial charge in [-0.05, 0) is 42.5 Å². The number of nitrogens with zero attached hydrogens (tertiary/aromatic N) is 2. The Morgan fingerprint density at radius 1 is 1.25 bits per heavy atom. The highest BCUT2D eigenvalue weighted by molar-refractivity contribution is 9.10. The minimum absolute atomic E-state index is 0.101. The summed E-state index contributed by atoms with van der Waals surface area (Å²) in [6.07, 6.45) is 0. The van der Waals surface area contributed by atoms with Crippen molar-refractivity contribution >= 4 is 33.5 Å². The minimum Gasteiger partial charge on any atom is -0.452 e. The first-order valence-corrected chi connectivity index (χ1v) is 7.91. The summed E-state index contributed by atoms with van der Waals surface area (Å²) in [4.78, 5) is 16.0. The second-order valence-electron chi connectivity index (χ2n) is 4.72. The van der Waals surface area contributed by atoms with Crippen LogP contribution in [0.2, 0.25) is 5.02 Å². The maximum Gasteiger partial charge on any atom is 0.341 e. The predicted octanol–water partition coefficient (Wildman–Crippen LogP) is 4.65. The summed E-state index contributed by atoms with van der Waals surface area (Å²) in [5, 5.41) is 4.05. The van der Waals surface area contributed by atoms with Crippen LogP contribution in [-0.4, -0.2) is 16.1 Å². The molecule has 0 saturated heterocycles. The van der Waals surface area contributed by atoms with E-state index in [4.69, 9.17) is 20.9 Å². The van der Waals surface area contributed by atoms with E-state index < -0.39 is 11.8 Å². The fourth-order valence-corrected chi connectivity index (χ4v) is 2.33. The number of aromatic nitrogens is 2. The zero-order chi connectivity index (χ0) is 17.1. The molecule has 0 fully saturated rings. The lowest BCUT2D eigenvalue weighted by atomic mass is 10.2. The fraction of sp³-hybridized carbons (Fsp3) is 0.0625. The molecular formula is C16H9BrClFN2O3. The van der Waals surface area contributed by atoms with Crippen LogP contribution < -0.4 is 0 Å². The molecule has 0 aliphatic carbocycles. The van der Waals surface area contributed by atoms with Gasteiger partial charge in [0.05, 0.1) is 5.56 Å². The van der Waals surface area contributed by atoms with E-state index in [9.17, 15) is 9.18 Å². The summed E-state index contributed by atoms with van der Waals surface area (Å²) in [6.45, 7) is -0.270. The largest absolute Gasteiger partial charge is 0.452 e. The lowest BCUT2D eigenvalue weighted by Crippen LogP contribution is -2.07. The molecule has 8 heteroatoms. The first kappa shape index (κ1) is 16.6. The molecule has 24 heavy (non-hydrogen) atoms. The third-order valence-electron chi connectivity index (χ3n) is 3.05. The smallest absolute Gasteiger partial charge is 0.341 e. The molecular weight excluding hydrogens is 403 g/mol. The molecule has 3 rings (SSSR count). The monoisotopic (exact) mass is 410 g/mol. The molecule has 5 nitrogen and oxygen atoms in total. The van der Waals surface area contributed by atoms with Crippen molar-refractivity contribution in [3.8, 4) is 11.4 Å². The Balaban J connectivity index is 1.68. The van der Waals surface area contributed by atoms with Gasteiger partial charge in [-0.2, -0.15) is 4.98 Å². The SMILES string of the molecule is O=C(OCc1nc(-c2ccc(Br)cc2)no1)c1cc(Cl)ccc1F. The number of ether oxygens (including phenoxy) is 1. The number of hydrogen-bond donors (Lipinski definition) is 0.